The Morgan fingerprint density at radius 2 is 1.90 bits per heavy atom. The predicted octanol–water partition coefficient (Wildman–Crippen LogP) is 4.52. The molecule has 3 nitrogen and oxygen atoms in total. The summed E-state index contributed by atoms with van der Waals surface area (Å²) in [5, 5.41) is 3.23. The first kappa shape index (κ1) is 12.9. The van der Waals surface area contributed by atoms with Crippen molar-refractivity contribution in [3.05, 3.63) is 71.2 Å². The van der Waals surface area contributed by atoms with E-state index in [2.05, 4.69) is 26.2 Å². The average molecular weight is 332 g/mol. The van der Waals surface area contributed by atoms with Crippen molar-refractivity contribution in [3.8, 4) is 5.69 Å². The van der Waals surface area contributed by atoms with Crippen LogP contribution in [0.1, 0.15) is 0 Å². The predicted molar refractivity (Wildman–Crippen MR) is 80.9 cm³/mol. The monoisotopic (exact) mass is 331 g/mol. The molecule has 0 aliphatic carbocycles. The Kier molecular flexibility index (Phi) is 3.52. The minimum Gasteiger partial charge on any atom is -0.325 e. The number of nitrogens with zero attached hydrogens (tertiary/aromatic N) is 2. The van der Waals surface area contributed by atoms with Crippen molar-refractivity contribution in [2.75, 3.05) is 5.32 Å². The zero-order valence-corrected chi connectivity index (χ0v) is 12.0. The fourth-order valence-electron chi connectivity index (χ4n) is 1.92. The van der Waals surface area contributed by atoms with Crippen LogP contribution >= 0.6 is 15.9 Å². The number of anilines is 2. The highest BCUT2D eigenvalue weighted by Crippen LogP contribution is 2.26. The fourth-order valence-corrected chi connectivity index (χ4v) is 2.46. The third-order valence-electron chi connectivity index (χ3n) is 2.84. The van der Waals surface area contributed by atoms with Gasteiger partial charge in [0.05, 0.1) is 5.69 Å². The Hall–Kier alpha value is -2.14. The lowest BCUT2D eigenvalue weighted by atomic mass is 10.3. The van der Waals surface area contributed by atoms with Gasteiger partial charge in [-0.2, -0.15) is 0 Å². The van der Waals surface area contributed by atoms with E-state index in [0.717, 1.165) is 11.4 Å². The lowest BCUT2D eigenvalue weighted by Crippen LogP contribution is -2.01. The van der Waals surface area contributed by atoms with Crippen molar-refractivity contribution < 1.29 is 4.39 Å². The SMILES string of the molecule is Fc1ccc(-n2ccnc2Nc2ccccc2)c(Br)c1. The highest BCUT2D eigenvalue weighted by Gasteiger charge is 2.09. The lowest BCUT2D eigenvalue weighted by molar-refractivity contribution is 0.626. The Morgan fingerprint density at radius 3 is 2.65 bits per heavy atom. The molecule has 0 bridgehead atoms. The molecule has 0 saturated carbocycles. The van der Waals surface area contributed by atoms with Gasteiger partial charge in [0, 0.05) is 22.6 Å². The van der Waals surface area contributed by atoms with Crippen molar-refractivity contribution in [2.45, 2.75) is 0 Å². The summed E-state index contributed by atoms with van der Waals surface area (Å²) in [5.41, 5.74) is 1.76. The van der Waals surface area contributed by atoms with Gasteiger partial charge in [0.25, 0.3) is 0 Å². The van der Waals surface area contributed by atoms with Crippen molar-refractivity contribution >= 4 is 27.6 Å². The van der Waals surface area contributed by atoms with Gasteiger partial charge < -0.3 is 5.32 Å². The molecule has 0 unspecified atom stereocenters. The molecule has 3 aromatic rings. The van der Waals surface area contributed by atoms with Gasteiger partial charge in [-0.3, -0.25) is 4.57 Å². The average Bonchev–Trinajstić information content (AvgIpc) is 2.88. The van der Waals surface area contributed by atoms with Crippen LogP contribution in [0.2, 0.25) is 0 Å². The molecule has 0 saturated heterocycles. The number of rotatable bonds is 3. The summed E-state index contributed by atoms with van der Waals surface area (Å²) in [5.74, 6) is 0.391. The normalized spacial score (nSPS) is 10.5. The molecule has 1 heterocycles. The molecule has 5 heteroatoms. The Labute approximate surface area is 124 Å². The molecule has 0 aliphatic heterocycles. The number of aromatic nitrogens is 2. The Morgan fingerprint density at radius 1 is 1.10 bits per heavy atom. The molecule has 100 valence electrons. The first-order valence-corrected chi connectivity index (χ1v) is 6.84. The molecule has 3 rings (SSSR count). The highest BCUT2D eigenvalue weighted by atomic mass is 79.9. The summed E-state index contributed by atoms with van der Waals surface area (Å²) in [6, 6.07) is 14.3. The summed E-state index contributed by atoms with van der Waals surface area (Å²) >= 11 is 3.37. The third kappa shape index (κ3) is 2.58. The van der Waals surface area contributed by atoms with Gasteiger partial charge in [-0.15, -0.1) is 0 Å². The summed E-state index contributed by atoms with van der Waals surface area (Å²) in [6.45, 7) is 0. The van der Waals surface area contributed by atoms with E-state index in [1.54, 1.807) is 12.3 Å². The maximum absolute atomic E-state index is 13.2. The molecule has 1 N–H and O–H groups in total. The zero-order valence-electron chi connectivity index (χ0n) is 10.4. The van der Waals surface area contributed by atoms with Crippen molar-refractivity contribution in [1.29, 1.82) is 0 Å². The standard InChI is InChI=1S/C15H11BrFN3/c16-13-10-11(17)6-7-14(13)20-9-8-18-15(20)19-12-4-2-1-3-5-12/h1-10H,(H,18,19). The topological polar surface area (TPSA) is 29.9 Å². The lowest BCUT2D eigenvalue weighted by Gasteiger charge is -2.11. The van der Waals surface area contributed by atoms with Crippen LogP contribution < -0.4 is 5.32 Å². The first-order chi connectivity index (χ1) is 9.74. The molecule has 0 atom stereocenters. The van der Waals surface area contributed by atoms with E-state index in [0.29, 0.717) is 10.4 Å². The van der Waals surface area contributed by atoms with E-state index in [4.69, 9.17) is 0 Å². The highest BCUT2D eigenvalue weighted by molar-refractivity contribution is 9.10. The van der Waals surface area contributed by atoms with Crippen LogP contribution in [0, 0.1) is 5.82 Å². The summed E-state index contributed by atoms with van der Waals surface area (Å²) in [7, 11) is 0. The maximum atomic E-state index is 13.2. The Balaban J connectivity index is 1.98. The summed E-state index contributed by atoms with van der Waals surface area (Å²) in [6.07, 6.45) is 3.52. The fraction of sp³-hybridized carbons (Fsp3) is 0. The summed E-state index contributed by atoms with van der Waals surface area (Å²) in [4.78, 5) is 4.29. The quantitative estimate of drug-likeness (QED) is 0.764. The molecular formula is C15H11BrFN3. The number of imidazole rings is 1. The van der Waals surface area contributed by atoms with Crippen molar-refractivity contribution in [1.82, 2.24) is 9.55 Å². The second-order valence-corrected chi connectivity index (χ2v) is 5.06. The molecule has 0 fully saturated rings. The molecule has 2 aromatic carbocycles. The zero-order chi connectivity index (χ0) is 13.9. The molecule has 1 aromatic heterocycles. The molecule has 0 amide bonds. The van der Waals surface area contributed by atoms with E-state index in [1.807, 2.05) is 41.1 Å². The van der Waals surface area contributed by atoms with Crippen molar-refractivity contribution in [3.63, 3.8) is 0 Å². The van der Waals surface area contributed by atoms with E-state index in [1.165, 1.54) is 12.1 Å². The van der Waals surface area contributed by atoms with E-state index in [9.17, 15) is 4.39 Å². The number of para-hydroxylation sites is 1. The maximum Gasteiger partial charge on any atom is 0.212 e. The van der Waals surface area contributed by atoms with Gasteiger partial charge in [0.15, 0.2) is 0 Å². The van der Waals surface area contributed by atoms with Crippen LogP contribution in [-0.4, -0.2) is 9.55 Å². The van der Waals surface area contributed by atoms with E-state index >= 15 is 0 Å². The minimum absolute atomic E-state index is 0.279. The first-order valence-electron chi connectivity index (χ1n) is 6.05. The Bertz CT molecular complexity index is 725. The second-order valence-electron chi connectivity index (χ2n) is 4.21. The van der Waals surface area contributed by atoms with Crippen molar-refractivity contribution in [2.24, 2.45) is 0 Å². The van der Waals surface area contributed by atoms with Crippen LogP contribution in [0.5, 0.6) is 0 Å². The van der Waals surface area contributed by atoms with Crippen LogP contribution in [0.3, 0.4) is 0 Å². The van der Waals surface area contributed by atoms with Gasteiger partial charge in [0.2, 0.25) is 5.95 Å². The number of hydrogen-bond acceptors (Lipinski definition) is 2. The van der Waals surface area contributed by atoms with Crippen LogP contribution in [0.4, 0.5) is 16.0 Å². The number of nitrogens with one attached hydrogen (secondary N) is 1. The van der Waals surface area contributed by atoms with E-state index in [-0.39, 0.29) is 5.82 Å². The molecule has 0 spiro atoms. The number of benzene rings is 2. The van der Waals surface area contributed by atoms with Crippen LogP contribution in [0.25, 0.3) is 5.69 Å². The van der Waals surface area contributed by atoms with Crippen LogP contribution in [-0.2, 0) is 0 Å². The second kappa shape index (κ2) is 5.46. The van der Waals surface area contributed by atoms with Gasteiger partial charge in [-0.25, -0.2) is 9.37 Å². The third-order valence-corrected chi connectivity index (χ3v) is 3.48. The molecule has 0 radical (unpaired) electrons. The van der Waals surface area contributed by atoms with E-state index < -0.39 is 0 Å². The number of hydrogen-bond donors (Lipinski definition) is 1. The molecule has 20 heavy (non-hydrogen) atoms. The minimum atomic E-state index is -0.279. The van der Waals surface area contributed by atoms with Gasteiger partial charge >= 0.3 is 0 Å². The number of halogens is 2. The molecule has 0 aliphatic rings. The smallest absolute Gasteiger partial charge is 0.212 e. The van der Waals surface area contributed by atoms with Crippen LogP contribution in [0.15, 0.2) is 65.4 Å². The van der Waals surface area contributed by atoms with Gasteiger partial charge in [-0.05, 0) is 46.3 Å². The largest absolute Gasteiger partial charge is 0.325 e. The summed E-state index contributed by atoms with van der Waals surface area (Å²) < 4.78 is 15.7. The van der Waals surface area contributed by atoms with Gasteiger partial charge in [0.1, 0.15) is 5.82 Å². The van der Waals surface area contributed by atoms with Gasteiger partial charge in [-0.1, -0.05) is 18.2 Å². The molecular weight excluding hydrogens is 321 g/mol.